The molecule has 0 fully saturated rings. The summed E-state index contributed by atoms with van der Waals surface area (Å²) in [5.74, 6) is 0. The van der Waals surface area contributed by atoms with Crippen LogP contribution in [0.3, 0.4) is 0 Å². The second-order valence-corrected chi connectivity index (χ2v) is 3.12. The van der Waals surface area contributed by atoms with Gasteiger partial charge in [-0.25, -0.2) is 0 Å². The van der Waals surface area contributed by atoms with E-state index in [1.165, 1.54) is 11.1 Å². The minimum absolute atomic E-state index is 1.09. The van der Waals surface area contributed by atoms with Crippen molar-refractivity contribution in [1.82, 2.24) is 5.32 Å². The first-order chi connectivity index (χ1) is 6.20. The van der Waals surface area contributed by atoms with Gasteiger partial charge in [0.25, 0.3) is 0 Å². The third-order valence-electron chi connectivity index (χ3n) is 1.67. The van der Waals surface area contributed by atoms with Crippen LogP contribution in [0.1, 0.15) is 25.0 Å². The highest BCUT2D eigenvalue weighted by molar-refractivity contribution is 5.20. The normalized spacial score (nSPS) is 8.92. The van der Waals surface area contributed by atoms with Crippen molar-refractivity contribution in [2.75, 3.05) is 13.1 Å². The molecule has 0 amide bonds. The molecule has 0 radical (unpaired) electrons. The van der Waals surface area contributed by atoms with Gasteiger partial charge in [-0.05, 0) is 26.9 Å². The highest BCUT2D eigenvalue weighted by Gasteiger charge is 1.80. The van der Waals surface area contributed by atoms with E-state index in [9.17, 15) is 0 Å². The van der Waals surface area contributed by atoms with Crippen LogP contribution in [0.15, 0.2) is 24.3 Å². The zero-order chi connectivity index (χ0) is 10.1. The quantitative estimate of drug-likeness (QED) is 0.736. The molecule has 0 aliphatic heterocycles. The lowest BCUT2D eigenvalue weighted by Gasteiger charge is -1.90. The van der Waals surface area contributed by atoms with Crippen LogP contribution in [0.25, 0.3) is 0 Å². The summed E-state index contributed by atoms with van der Waals surface area (Å²) in [7, 11) is 0. The zero-order valence-corrected chi connectivity index (χ0v) is 9.22. The maximum absolute atomic E-state index is 3.11. The van der Waals surface area contributed by atoms with Gasteiger partial charge in [0.2, 0.25) is 0 Å². The molecule has 0 bridgehead atoms. The van der Waals surface area contributed by atoms with Crippen molar-refractivity contribution in [2.24, 2.45) is 0 Å². The standard InChI is InChI=1S/C8H10.C4H11N/c1-7-4-3-5-8(2)6-7;1-3-5-4-2/h3-6H,1-2H3;5H,3-4H2,1-2H3. The molecule has 1 N–H and O–H groups in total. The average Bonchev–Trinajstić information content (AvgIpc) is 2.06. The van der Waals surface area contributed by atoms with Gasteiger partial charge in [-0.2, -0.15) is 0 Å². The third kappa shape index (κ3) is 7.54. The van der Waals surface area contributed by atoms with Crippen LogP contribution in [-0.4, -0.2) is 13.1 Å². The molecule has 1 aromatic rings. The minimum Gasteiger partial charge on any atom is -0.317 e. The molecule has 13 heavy (non-hydrogen) atoms. The van der Waals surface area contributed by atoms with E-state index in [-0.39, 0.29) is 0 Å². The van der Waals surface area contributed by atoms with Crippen LogP contribution < -0.4 is 5.32 Å². The lowest BCUT2D eigenvalue weighted by atomic mass is 10.2. The fourth-order valence-electron chi connectivity index (χ4n) is 1.06. The van der Waals surface area contributed by atoms with Crippen molar-refractivity contribution in [2.45, 2.75) is 27.7 Å². The summed E-state index contributed by atoms with van der Waals surface area (Å²) in [6.07, 6.45) is 0. The van der Waals surface area contributed by atoms with E-state index in [1.807, 2.05) is 0 Å². The maximum atomic E-state index is 3.11. The lowest BCUT2D eigenvalue weighted by Crippen LogP contribution is -2.09. The Bertz CT molecular complexity index is 199. The monoisotopic (exact) mass is 179 g/mol. The summed E-state index contributed by atoms with van der Waals surface area (Å²) in [5, 5.41) is 3.11. The van der Waals surface area contributed by atoms with Crippen LogP contribution in [-0.2, 0) is 0 Å². The number of rotatable bonds is 2. The Kier molecular flexibility index (Phi) is 7.32. The minimum atomic E-state index is 1.09. The Morgan fingerprint density at radius 1 is 1.00 bits per heavy atom. The van der Waals surface area contributed by atoms with E-state index in [0.29, 0.717) is 0 Å². The van der Waals surface area contributed by atoms with Gasteiger partial charge in [0.05, 0.1) is 0 Å². The smallest absolute Gasteiger partial charge is 0.00775 e. The SMILES string of the molecule is CCNCC.Cc1cccc(C)c1. The van der Waals surface area contributed by atoms with Gasteiger partial charge in [0, 0.05) is 0 Å². The molecule has 0 heterocycles. The Balaban J connectivity index is 0.000000252. The Hall–Kier alpha value is -0.820. The molecule has 0 aromatic heterocycles. The van der Waals surface area contributed by atoms with Gasteiger partial charge in [-0.15, -0.1) is 0 Å². The molecule has 1 rings (SSSR count). The van der Waals surface area contributed by atoms with E-state index in [2.05, 4.69) is 57.3 Å². The lowest BCUT2D eigenvalue weighted by molar-refractivity contribution is 0.762. The van der Waals surface area contributed by atoms with E-state index < -0.39 is 0 Å². The topological polar surface area (TPSA) is 12.0 Å². The second kappa shape index (κ2) is 7.81. The van der Waals surface area contributed by atoms with Gasteiger partial charge >= 0.3 is 0 Å². The average molecular weight is 179 g/mol. The Morgan fingerprint density at radius 3 is 1.62 bits per heavy atom. The van der Waals surface area contributed by atoms with E-state index in [1.54, 1.807) is 0 Å². The molecule has 0 atom stereocenters. The fraction of sp³-hybridized carbons (Fsp3) is 0.500. The van der Waals surface area contributed by atoms with Gasteiger partial charge in [0.1, 0.15) is 0 Å². The van der Waals surface area contributed by atoms with Gasteiger partial charge in [0.15, 0.2) is 0 Å². The number of aryl methyl sites for hydroxylation is 2. The van der Waals surface area contributed by atoms with Gasteiger partial charge in [-0.1, -0.05) is 49.2 Å². The molecule has 1 heteroatoms. The maximum Gasteiger partial charge on any atom is -0.00775 e. The van der Waals surface area contributed by atoms with Crippen molar-refractivity contribution in [3.05, 3.63) is 35.4 Å². The van der Waals surface area contributed by atoms with E-state index >= 15 is 0 Å². The van der Waals surface area contributed by atoms with Crippen molar-refractivity contribution in [1.29, 1.82) is 0 Å². The molecule has 0 aliphatic carbocycles. The summed E-state index contributed by atoms with van der Waals surface area (Å²) < 4.78 is 0. The Labute approximate surface area is 82.2 Å². The summed E-state index contributed by atoms with van der Waals surface area (Å²) in [4.78, 5) is 0. The van der Waals surface area contributed by atoms with Crippen LogP contribution in [0.4, 0.5) is 0 Å². The fourth-order valence-corrected chi connectivity index (χ4v) is 1.06. The van der Waals surface area contributed by atoms with Crippen LogP contribution >= 0.6 is 0 Å². The first kappa shape index (κ1) is 12.2. The van der Waals surface area contributed by atoms with Crippen LogP contribution in [0, 0.1) is 13.8 Å². The van der Waals surface area contributed by atoms with Crippen LogP contribution in [0.5, 0.6) is 0 Å². The van der Waals surface area contributed by atoms with E-state index in [4.69, 9.17) is 0 Å². The Morgan fingerprint density at radius 2 is 1.46 bits per heavy atom. The molecule has 0 saturated heterocycles. The largest absolute Gasteiger partial charge is 0.317 e. The van der Waals surface area contributed by atoms with Crippen molar-refractivity contribution >= 4 is 0 Å². The molecule has 1 aromatic carbocycles. The van der Waals surface area contributed by atoms with Crippen molar-refractivity contribution < 1.29 is 0 Å². The highest BCUT2D eigenvalue weighted by Crippen LogP contribution is 2.00. The second-order valence-electron chi connectivity index (χ2n) is 3.12. The van der Waals surface area contributed by atoms with E-state index in [0.717, 1.165) is 13.1 Å². The first-order valence-electron chi connectivity index (χ1n) is 4.94. The zero-order valence-electron chi connectivity index (χ0n) is 9.22. The number of benzene rings is 1. The first-order valence-corrected chi connectivity index (χ1v) is 4.94. The molecule has 0 unspecified atom stereocenters. The number of nitrogens with one attached hydrogen (secondary N) is 1. The summed E-state index contributed by atoms with van der Waals surface area (Å²) in [6.45, 7) is 10.6. The molecular weight excluding hydrogens is 158 g/mol. The van der Waals surface area contributed by atoms with Crippen LogP contribution in [0.2, 0.25) is 0 Å². The summed E-state index contributed by atoms with van der Waals surface area (Å²) in [6, 6.07) is 8.45. The molecule has 1 nitrogen and oxygen atoms in total. The predicted octanol–water partition coefficient (Wildman–Crippen LogP) is 2.92. The molecule has 0 aliphatic rings. The molecular formula is C12H21N. The molecule has 0 saturated carbocycles. The van der Waals surface area contributed by atoms with Gasteiger partial charge in [-0.3, -0.25) is 0 Å². The summed E-state index contributed by atoms with van der Waals surface area (Å²) >= 11 is 0. The highest BCUT2D eigenvalue weighted by atomic mass is 14.8. The number of hydrogen-bond donors (Lipinski definition) is 1. The van der Waals surface area contributed by atoms with Crippen molar-refractivity contribution in [3.8, 4) is 0 Å². The summed E-state index contributed by atoms with van der Waals surface area (Å²) in [5.41, 5.74) is 2.68. The van der Waals surface area contributed by atoms with Gasteiger partial charge < -0.3 is 5.32 Å². The predicted molar refractivity (Wildman–Crippen MR) is 60.1 cm³/mol. The van der Waals surface area contributed by atoms with Crippen molar-refractivity contribution in [3.63, 3.8) is 0 Å². The third-order valence-corrected chi connectivity index (χ3v) is 1.67. The molecule has 0 spiro atoms. The number of hydrogen-bond acceptors (Lipinski definition) is 1. The molecule has 74 valence electrons.